The lowest BCUT2D eigenvalue weighted by atomic mass is 10.2. The van der Waals surface area contributed by atoms with Crippen LogP contribution in [0.2, 0.25) is 0 Å². The first-order valence-corrected chi connectivity index (χ1v) is 7.44. The van der Waals surface area contributed by atoms with Crippen LogP contribution in [0.4, 0.5) is 10.1 Å². The van der Waals surface area contributed by atoms with Gasteiger partial charge in [-0.05, 0) is 35.0 Å². The van der Waals surface area contributed by atoms with E-state index in [0.29, 0.717) is 0 Å². The second-order valence-corrected chi connectivity index (χ2v) is 5.09. The Kier molecular flexibility index (Phi) is 7.37. The van der Waals surface area contributed by atoms with Crippen LogP contribution in [0.3, 0.4) is 0 Å². The number of methoxy groups -OCH3 is 2. The smallest absolute Gasteiger partial charge is 0.354 e. The number of nitrogens with one attached hydrogen (secondary N) is 1. The van der Waals surface area contributed by atoms with E-state index < -0.39 is 23.7 Å². The van der Waals surface area contributed by atoms with Gasteiger partial charge in [-0.1, -0.05) is 0 Å². The third-order valence-electron chi connectivity index (χ3n) is 2.68. The molecule has 0 fully saturated rings. The molecule has 7 nitrogen and oxygen atoms in total. The number of carbonyl (C=O) groups excluding carboxylic acids is 3. The molecular weight excluding hydrogens is 389 g/mol. The van der Waals surface area contributed by atoms with Gasteiger partial charge in [-0.3, -0.25) is 0 Å². The van der Waals surface area contributed by atoms with E-state index in [1.54, 1.807) is 6.92 Å². The van der Waals surface area contributed by atoms with Crippen LogP contribution in [-0.4, -0.2) is 38.7 Å². The van der Waals surface area contributed by atoms with Crippen LogP contribution in [-0.2, 0) is 23.8 Å². The SMILES string of the molecule is CCOC(=O)c1cc(F)c(N/C(=C/C(=O)OC)C(=O)OC)c(Br)c1. The minimum atomic E-state index is -0.902. The summed E-state index contributed by atoms with van der Waals surface area (Å²) in [5, 5.41) is 2.44. The van der Waals surface area contributed by atoms with Gasteiger partial charge in [0.15, 0.2) is 0 Å². The second-order valence-electron chi connectivity index (χ2n) is 4.23. The highest BCUT2D eigenvalue weighted by atomic mass is 79.9. The third kappa shape index (κ3) is 5.05. The van der Waals surface area contributed by atoms with Crippen molar-refractivity contribution in [3.8, 4) is 0 Å². The zero-order valence-electron chi connectivity index (χ0n) is 13.1. The average molecular weight is 404 g/mol. The van der Waals surface area contributed by atoms with Crippen molar-refractivity contribution in [2.24, 2.45) is 0 Å². The normalized spacial score (nSPS) is 10.8. The first kappa shape index (κ1) is 19.6. The molecule has 130 valence electrons. The van der Waals surface area contributed by atoms with Crippen LogP contribution < -0.4 is 5.32 Å². The number of hydrogen-bond acceptors (Lipinski definition) is 7. The Morgan fingerprint density at radius 1 is 1.25 bits per heavy atom. The van der Waals surface area contributed by atoms with Gasteiger partial charge in [0.25, 0.3) is 0 Å². The molecule has 0 spiro atoms. The molecule has 0 aliphatic carbocycles. The molecule has 1 aromatic rings. The molecule has 0 unspecified atom stereocenters. The predicted molar refractivity (Wildman–Crippen MR) is 85.8 cm³/mol. The van der Waals surface area contributed by atoms with Crippen LogP contribution in [0.1, 0.15) is 17.3 Å². The fourth-order valence-electron chi connectivity index (χ4n) is 1.59. The fraction of sp³-hybridized carbons (Fsp3) is 0.267. The molecule has 0 radical (unpaired) electrons. The molecule has 1 aromatic carbocycles. The number of hydrogen-bond donors (Lipinski definition) is 1. The summed E-state index contributed by atoms with van der Waals surface area (Å²) in [4.78, 5) is 34.6. The molecule has 0 saturated carbocycles. The number of carbonyl (C=O) groups is 3. The topological polar surface area (TPSA) is 90.9 Å². The summed E-state index contributed by atoms with van der Waals surface area (Å²) in [7, 11) is 2.22. The Balaban J connectivity index is 3.21. The standard InChI is InChI=1S/C15H15BrFNO6/c1-4-24-14(20)8-5-9(16)13(10(17)6-8)18-11(15(21)23-3)7-12(19)22-2/h5-7,18H,4H2,1-3H3/b11-7+. The van der Waals surface area contributed by atoms with E-state index in [9.17, 15) is 18.8 Å². The quantitative estimate of drug-likeness (QED) is 0.442. The molecule has 0 aliphatic rings. The minimum Gasteiger partial charge on any atom is -0.466 e. The van der Waals surface area contributed by atoms with Crippen LogP contribution in [0, 0.1) is 5.82 Å². The van der Waals surface area contributed by atoms with Crippen molar-refractivity contribution in [2.45, 2.75) is 6.92 Å². The molecule has 0 aromatic heterocycles. The van der Waals surface area contributed by atoms with Crippen LogP contribution >= 0.6 is 15.9 Å². The van der Waals surface area contributed by atoms with Gasteiger partial charge in [-0.2, -0.15) is 0 Å². The van der Waals surface area contributed by atoms with Crippen molar-refractivity contribution >= 4 is 39.5 Å². The molecule has 0 saturated heterocycles. The van der Waals surface area contributed by atoms with Crippen molar-refractivity contribution < 1.29 is 33.0 Å². The summed E-state index contributed by atoms with van der Waals surface area (Å²) in [6, 6.07) is 2.26. The first-order chi connectivity index (χ1) is 11.3. The number of anilines is 1. The molecule has 9 heteroatoms. The maximum atomic E-state index is 14.3. The van der Waals surface area contributed by atoms with Gasteiger partial charge in [0.05, 0.1) is 38.2 Å². The predicted octanol–water partition coefficient (Wildman–Crippen LogP) is 2.41. The van der Waals surface area contributed by atoms with Gasteiger partial charge >= 0.3 is 17.9 Å². The lowest BCUT2D eigenvalue weighted by Crippen LogP contribution is -2.17. The number of ether oxygens (including phenoxy) is 3. The van der Waals surface area contributed by atoms with Gasteiger partial charge in [0.1, 0.15) is 11.5 Å². The van der Waals surface area contributed by atoms with Crippen molar-refractivity contribution in [1.29, 1.82) is 0 Å². The van der Waals surface area contributed by atoms with Crippen molar-refractivity contribution in [3.63, 3.8) is 0 Å². The summed E-state index contributed by atoms with van der Waals surface area (Å²) < 4.78 is 28.1. The molecular formula is C15H15BrFNO6. The van der Waals surface area contributed by atoms with E-state index in [0.717, 1.165) is 26.4 Å². The highest BCUT2D eigenvalue weighted by Gasteiger charge is 2.19. The van der Waals surface area contributed by atoms with Gasteiger partial charge in [0, 0.05) is 4.47 Å². The number of benzene rings is 1. The van der Waals surface area contributed by atoms with Crippen LogP contribution in [0.25, 0.3) is 0 Å². The lowest BCUT2D eigenvalue weighted by Gasteiger charge is -2.13. The molecule has 1 N–H and O–H groups in total. The zero-order chi connectivity index (χ0) is 18.3. The average Bonchev–Trinajstić information content (AvgIpc) is 2.55. The minimum absolute atomic E-state index is 0.0108. The van der Waals surface area contributed by atoms with Crippen molar-refractivity contribution in [3.05, 3.63) is 39.8 Å². The molecule has 24 heavy (non-hydrogen) atoms. The summed E-state index contributed by atoms with van der Waals surface area (Å²) in [5.74, 6) is -3.27. The Morgan fingerprint density at radius 3 is 2.42 bits per heavy atom. The molecule has 0 heterocycles. The Morgan fingerprint density at radius 2 is 1.92 bits per heavy atom. The van der Waals surface area contributed by atoms with Gasteiger partial charge < -0.3 is 19.5 Å². The molecule has 0 amide bonds. The van der Waals surface area contributed by atoms with Crippen LogP contribution in [0.15, 0.2) is 28.4 Å². The second kappa shape index (κ2) is 9.02. The van der Waals surface area contributed by atoms with E-state index in [4.69, 9.17) is 4.74 Å². The third-order valence-corrected chi connectivity index (χ3v) is 3.31. The Hall–Kier alpha value is -2.42. The highest BCUT2D eigenvalue weighted by molar-refractivity contribution is 9.10. The lowest BCUT2D eigenvalue weighted by molar-refractivity contribution is -0.138. The first-order valence-electron chi connectivity index (χ1n) is 6.65. The maximum absolute atomic E-state index is 14.3. The van der Waals surface area contributed by atoms with Crippen molar-refractivity contribution in [2.75, 3.05) is 26.1 Å². The Bertz CT molecular complexity index is 666. The summed E-state index contributed by atoms with van der Waals surface area (Å²) in [5.41, 5.74) is -0.514. The highest BCUT2D eigenvalue weighted by Crippen LogP contribution is 2.29. The largest absolute Gasteiger partial charge is 0.466 e. The van der Waals surface area contributed by atoms with Crippen molar-refractivity contribution in [1.82, 2.24) is 0 Å². The van der Waals surface area contributed by atoms with E-state index >= 15 is 0 Å². The Labute approximate surface area is 145 Å². The monoisotopic (exact) mass is 403 g/mol. The molecule has 0 aliphatic heterocycles. The summed E-state index contributed by atoms with van der Waals surface area (Å²) in [6.45, 7) is 1.77. The number of rotatable bonds is 6. The molecule has 1 rings (SSSR count). The van der Waals surface area contributed by atoms with Gasteiger partial charge in [-0.25, -0.2) is 18.8 Å². The van der Waals surface area contributed by atoms with Gasteiger partial charge in [0.2, 0.25) is 0 Å². The fourth-order valence-corrected chi connectivity index (χ4v) is 2.13. The number of halogens is 2. The van der Waals surface area contributed by atoms with E-state index in [-0.39, 0.29) is 28.0 Å². The molecule has 0 bridgehead atoms. The van der Waals surface area contributed by atoms with Crippen LogP contribution in [0.5, 0.6) is 0 Å². The summed E-state index contributed by atoms with van der Waals surface area (Å²) in [6.07, 6.45) is 0.816. The van der Waals surface area contributed by atoms with E-state index in [1.807, 2.05) is 0 Å². The number of esters is 3. The molecule has 0 atom stereocenters. The zero-order valence-corrected chi connectivity index (χ0v) is 14.7. The van der Waals surface area contributed by atoms with E-state index in [2.05, 4.69) is 30.7 Å². The van der Waals surface area contributed by atoms with E-state index in [1.165, 1.54) is 6.07 Å². The van der Waals surface area contributed by atoms with Gasteiger partial charge in [-0.15, -0.1) is 0 Å². The maximum Gasteiger partial charge on any atom is 0.354 e. The summed E-state index contributed by atoms with van der Waals surface area (Å²) >= 11 is 3.09.